The number of halogens is 1. The highest BCUT2D eigenvalue weighted by Gasteiger charge is 2.11. The second-order valence-electron chi connectivity index (χ2n) is 5.04. The fraction of sp³-hybridized carbons (Fsp3) is 0.438. The van der Waals surface area contributed by atoms with Crippen LogP contribution in [0.4, 0.5) is 0 Å². The van der Waals surface area contributed by atoms with Crippen molar-refractivity contribution in [3.63, 3.8) is 0 Å². The first-order chi connectivity index (χ1) is 10.9. The summed E-state index contributed by atoms with van der Waals surface area (Å²) < 4.78 is 21.7. The van der Waals surface area contributed by atoms with Crippen molar-refractivity contribution < 1.29 is 18.7 Å². The predicted octanol–water partition coefficient (Wildman–Crippen LogP) is 2.39. The average Bonchev–Trinajstić information content (AvgIpc) is 3.03. The van der Waals surface area contributed by atoms with Crippen molar-refractivity contribution in [3.8, 4) is 11.6 Å². The molecule has 0 atom stereocenters. The van der Waals surface area contributed by atoms with Crippen molar-refractivity contribution in [2.24, 2.45) is 0 Å². The van der Waals surface area contributed by atoms with Gasteiger partial charge in [0.05, 0.1) is 13.2 Å². The number of morpholine rings is 1. The summed E-state index contributed by atoms with van der Waals surface area (Å²) >= 11 is 0. The Morgan fingerprint density at radius 2 is 1.87 bits per heavy atom. The maximum atomic E-state index is 5.60. The summed E-state index contributed by atoms with van der Waals surface area (Å²) in [5.41, 5.74) is 0. The zero-order chi connectivity index (χ0) is 15.0. The molecule has 0 amide bonds. The van der Waals surface area contributed by atoms with E-state index in [9.17, 15) is 0 Å². The van der Waals surface area contributed by atoms with Gasteiger partial charge in [-0.3, -0.25) is 4.90 Å². The Morgan fingerprint density at radius 1 is 1.09 bits per heavy atom. The number of ether oxygens (including phenoxy) is 3. The lowest BCUT2D eigenvalue weighted by molar-refractivity contribution is 0.0318. The van der Waals surface area contributed by atoms with Crippen molar-refractivity contribution in [1.29, 1.82) is 0 Å². The average molecular weight is 341 g/mol. The molecule has 1 aliphatic rings. The standard InChI is InChI=1S/C16H20N2O4.ClH/c1-2-4-14(5-3-1)21-13-15-12-16(17-22-15)20-11-8-18-6-9-19-10-7-18;/h1-5,12H,6-11,13H2;1H. The zero-order valence-corrected chi connectivity index (χ0v) is 13.7. The molecule has 23 heavy (non-hydrogen) atoms. The Hall–Kier alpha value is -1.76. The molecule has 2 heterocycles. The van der Waals surface area contributed by atoms with E-state index in [0.717, 1.165) is 38.6 Å². The molecule has 1 aliphatic heterocycles. The molecule has 6 nitrogen and oxygen atoms in total. The molecule has 1 aromatic carbocycles. The van der Waals surface area contributed by atoms with Gasteiger partial charge in [-0.25, -0.2) is 0 Å². The topological polar surface area (TPSA) is 57.0 Å². The summed E-state index contributed by atoms with van der Waals surface area (Å²) in [6.07, 6.45) is 0. The van der Waals surface area contributed by atoms with E-state index in [2.05, 4.69) is 10.1 Å². The maximum Gasteiger partial charge on any atom is 0.254 e. The first kappa shape index (κ1) is 17.6. The van der Waals surface area contributed by atoms with Gasteiger partial charge in [-0.15, -0.1) is 12.4 Å². The Kier molecular flexibility index (Phi) is 7.19. The van der Waals surface area contributed by atoms with Crippen LogP contribution < -0.4 is 9.47 Å². The Balaban J connectivity index is 0.00000192. The molecule has 0 N–H and O–H groups in total. The van der Waals surface area contributed by atoms with E-state index in [1.807, 2.05) is 30.3 Å². The van der Waals surface area contributed by atoms with E-state index in [0.29, 0.717) is 24.9 Å². The number of hydrogen-bond donors (Lipinski definition) is 0. The van der Waals surface area contributed by atoms with E-state index in [1.165, 1.54) is 0 Å². The number of aromatic nitrogens is 1. The van der Waals surface area contributed by atoms with Gasteiger partial charge in [0.1, 0.15) is 19.0 Å². The van der Waals surface area contributed by atoms with Crippen LogP contribution in [0.1, 0.15) is 5.76 Å². The fourth-order valence-electron chi connectivity index (χ4n) is 2.21. The van der Waals surface area contributed by atoms with Crippen LogP contribution in [0.3, 0.4) is 0 Å². The molecule has 0 radical (unpaired) electrons. The van der Waals surface area contributed by atoms with Crippen molar-refractivity contribution in [3.05, 3.63) is 42.2 Å². The first-order valence-electron chi connectivity index (χ1n) is 7.46. The van der Waals surface area contributed by atoms with Crippen molar-refractivity contribution in [2.45, 2.75) is 6.61 Å². The molecule has 0 unspecified atom stereocenters. The molecule has 1 aromatic heterocycles. The molecule has 0 spiro atoms. The second kappa shape index (κ2) is 9.39. The van der Waals surface area contributed by atoms with Gasteiger partial charge in [-0.05, 0) is 17.3 Å². The van der Waals surface area contributed by atoms with Crippen LogP contribution in [-0.4, -0.2) is 49.5 Å². The van der Waals surface area contributed by atoms with Crippen LogP contribution in [-0.2, 0) is 11.3 Å². The zero-order valence-electron chi connectivity index (χ0n) is 12.8. The number of para-hydroxylation sites is 1. The highest BCUT2D eigenvalue weighted by molar-refractivity contribution is 5.85. The Bertz CT molecular complexity index is 558. The minimum Gasteiger partial charge on any atom is -0.486 e. The molecule has 0 aliphatic carbocycles. The van der Waals surface area contributed by atoms with Crippen LogP contribution in [0.15, 0.2) is 40.9 Å². The van der Waals surface area contributed by atoms with Gasteiger partial charge in [0, 0.05) is 25.7 Å². The summed E-state index contributed by atoms with van der Waals surface area (Å²) in [6, 6.07) is 11.4. The van der Waals surface area contributed by atoms with E-state index in [1.54, 1.807) is 6.07 Å². The number of nitrogens with zero attached hydrogens (tertiary/aromatic N) is 2. The largest absolute Gasteiger partial charge is 0.486 e. The molecule has 3 rings (SSSR count). The summed E-state index contributed by atoms with van der Waals surface area (Å²) in [5.74, 6) is 1.94. The number of rotatable bonds is 7. The lowest BCUT2D eigenvalue weighted by Gasteiger charge is -2.26. The van der Waals surface area contributed by atoms with Gasteiger partial charge in [-0.1, -0.05) is 18.2 Å². The molecule has 7 heteroatoms. The normalized spacial score (nSPS) is 15.0. The van der Waals surface area contributed by atoms with E-state index in [4.69, 9.17) is 18.7 Å². The lowest BCUT2D eigenvalue weighted by Crippen LogP contribution is -2.38. The minimum atomic E-state index is 0. The van der Waals surface area contributed by atoms with Gasteiger partial charge in [0.2, 0.25) is 0 Å². The molecule has 0 bridgehead atoms. The third-order valence-corrected chi connectivity index (χ3v) is 3.42. The molecular formula is C16H21ClN2O4. The monoisotopic (exact) mass is 340 g/mol. The van der Waals surface area contributed by atoms with Gasteiger partial charge in [0.15, 0.2) is 5.76 Å². The summed E-state index contributed by atoms with van der Waals surface area (Å²) in [6.45, 7) is 5.30. The minimum absolute atomic E-state index is 0. The quantitative estimate of drug-likeness (QED) is 0.771. The molecule has 1 fully saturated rings. The SMILES string of the molecule is Cl.c1ccc(OCc2cc(OCCN3CCOCC3)no2)cc1. The molecule has 2 aromatic rings. The van der Waals surface area contributed by atoms with Gasteiger partial charge in [-0.2, -0.15) is 0 Å². The highest BCUT2D eigenvalue weighted by atomic mass is 35.5. The lowest BCUT2D eigenvalue weighted by atomic mass is 10.3. The number of hydrogen-bond acceptors (Lipinski definition) is 6. The van der Waals surface area contributed by atoms with Crippen molar-refractivity contribution in [1.82, 2.24) is 10.1 Å². The molecule has 0 saturated carbocycles. The van der Waals surface area contributed by atoms with E-state index in [-0.39, 0.29) is 12.4 Å². The predicted molar refractivity (Wildman–Crippen MR) is 87.3 cm³/mol. The maximum absolute atomic E-state index is 5.60. The molecular weight excluding hydrogens is 320 g/mol. The second-order valence-corrected chi connectivity index (χ2v) is 5.04. The summed E-state index contributed by atoms with van der Waals surface area (Å²) in [5, 5.41) is 3.89. The van der Waals surface area contributed by atoms with Crippen LogP contribution in [0.25, 0.3) is 0 Å². The molecule has 126 valence electrons. The van der Waals surface area contributed by atoms with Gasteiger partial charge < -0.3 is 18.7 Å². The van der Waals surface area contributed by atoms with Crippen LogP contribution >= 0.6 is 12.4 Å². The van der Waals surface area contributed by atoms with Crippen LogP contribution in [0.5, 0.6) is 11.6 Å². The summed E-state index contributed by atoms with van der Waals surface area (Å²) in [7, 11) is 0. The third-order valence-electron chi connectivity index (χ3n) is 3.42. The first-order valence-corrected chi connectivity index (χ1v) is 7.46. The van der Waals surface area contributed by atoms with Gasteiger partial charge >= 0.3 is 0 Å². The third kappa shape index (κ3) is 5.74. The van der Waals surface area contributed by atoms with Crippen LogP contribution in [0.2, 0.25) is 0 Å². The smallest absolute Gasteiger partial charge is 0.254 e. The van der Waals surface area contributed by atoms with Crippen LogP contribution in [0, 0.1) is 0 Å². The number of benzene rings is 1. The van der Waals surface area contributed by atoms with E-state index < -0.39 is 0 Å². The van der Waals surface area contributed by atoms with Crippen molar-refractivity contribution >= 4 is 12.4 Å². The molecule has 1 saturated heterocycles. The highest BCUT2D eigenvalue weighted by Crippen LogP contribution is 2.15. The van der Waals surface area contributed by atoms with Gasteiger partial charge in [0.25, 0.3) is 5.88 Å². The van der Waals surface area contributed by atoms with E-state index >= 15 is 0 Å². The Labute approximate surface area is 141 Å². The Morgan fingerprint density at radius 3 is 2.65 bits per heavy atom. The van der Waals surface area contributed by atoms with Crippen molar-refractivity contribution in [2.75, 3.05) is 39.5 Å². The summed E-state index contributed by atoms with van der Waals surface area (Å²) in [4.78, 5) is 2.31. The fourth-order valence-corrected chi connectivity index (χ4v) is 2.21.